The molecule has 1 aromatic carbocycles. The molecular weight excluding hydrogens is 256 g/mol. The lowest BCUT2D eigenvalue weighted by molar-refractivity contribution is 0.261. The van der Waals surface area contributed by atoms with Crippen molar-refractivity contribution >= 4 is 0 Å². The Balaban J connectivity index is 2.09. The van der Waals surface area contributed by atoms with E-state index in [1.807, 2.05) is 38.2 Å². The summed E-state index contributed by atoms with van der Waals surface area (Å²) >= 11 is 0. The Morgan fingerprint density at radius 2 is 2.00 bits per heavy atom. The van der Waals surface area contributed by atoms with Crippen LogP contribution in [0.1, 0.15) is 17.0 Å². The Kier molecular flexibility index (Phi) is 4.63. The van der Waals surface area contributed by atoms with Crippen LogP contribution in [0.2, 0.25) is 0 Å². The standard InChI is InChI=1S/C15H20N2O3/c1-11-8-13(20-16-11)10-17(2)9-12-6-5-7-14(18-3)15(12)19-4/h5-8H,9-10H2,1-4H3. The maximum Gasteiger partial charge on any atom is 0.165 e. The zero-order chi connectivity index (χ0) is 14.5. The highest BCUT2D eigenvalue weighted by Gasteiger charge is 2.12. The topological polar surface area (TPSA) is 47.7 Å². The van der Waals surface area contributed by atoms with Crippen LogP contribution in [0.3, 0.4) is 0 Å². The fraction of sp³-hybridized carbons (Fsp3) is 0.400. The first-order valence-electron chi connectivity index (χ1n) is 6.44. The van der Waals surface area contributed by atoms with Crippen LogP contribution < -0.4 is 9.47 Å². The number of nitrogens with zero attached hydrogens (tertiary/aromatic N) is 2. The molecule has 0 saturated heterocycles. The number of ether oxygens (including phenoxy) is 2. The van der Waals surface area contributed by atoms with Crippen LogP contribution in [-0.2, 0) is 13.1 Å². The van der Waals surface area contributed by atoms with E-state index >= 15 is 0 Å². The van der Waals surface area contributed by atoms with E-state index in [1.165, 1.54) is 0 Å². The fourth-order valence-corrected chi connectivity index (χ4v) is 2.18. The van der Waals surface area contributed by atoms with Crippen LogP contribution in [-0.4, -0.2) is 31.3 Å². The summed E-state index contributed by atoms with van der Waals surface area (Å²) in [5, 5.41) is 3.89. The van der Waals surface area contributed by atoms with Crippen molar-refractivity contribution in [3.05, 3.63) is 41.3 Å². The molecule has 20 heavy (non-hydrogen) atoms. The van der Waals surface area contributed by atoms with Gasteiger partial charge in [0.05, 0.1) is 26.5 Å². The summed E-state index contributed by atoms with van der Waals surface area (Å²) < 4.78 is 16.0. The summed E-state index contributed by atoms with van der Waals surface area (Å²) in [5.74, 6) is 2.37. The molecule has 0 amide bonds. The summed E-state index contributed by atoms with van der Waals surface area (Å²) in [6, 6.07) is 7.83. The highest BCUT2D eigenvalue weighted by Crippen LogP contribution is 2.31. The molecule has 5 nitrogen and oxygen atoms in total. The van der Waals surface area contributed by atoms with Gasteiger partial charge in [0.15, 0.2) is 17.3 Å². The van der Waals surface area contributed by atoms with Crippen molar-refractivity contribution < 1.29 is 14.0 Å². The van der Waals surface area contributed by atoms with Crippen LogP contribution in [0.25, 0.3) is 0 Å². The molecule has 0 N–H and O–H groups in total. The van der Waals surface area contributed by atoms with Gasteiger partial charge in [-0.15, -0.1) is 0 Å². The van der Waals surface area contributed by atoms with E-state index in [0.717, 1.165) is 35.1 Å². The normalized spacial score (nSPS) is 10.8. The van der Waals surface area contributed by atoms with Gasteiger partial charge in [0, 0.05) is 18.2 Å². The van der Waals surface area contributed by atoms with Gasteiger partial charge in [-0.1, -0.05) is 17.3 Å². The molecule has 0 radical (unpaired) electrons. The van der Waals surface area contributed by atoms with Crippen molar-refractivity contribution in [2.24, 2.45) is 0 Å². The van der Waals surface area contributed by atoms with Crippen LogP contribution in [0.5, 0.6) is 11.5 Å². The van der Waals surface area contributed by atoms with Crippen molar-refractivity contribution in [1.82, 2.24) is 10.1 Å². The van der Waals surface area contributed by atoms with E-state index in [2.05, 4.69) is 10.1 Å². The second-order valence-corrected chi connectivity index (χ2v) is 4.76. The lowest BCUT2D eigenvalue weighted by Crippen LogP contribution is -2.17. The lowest BCUT2D eigenvalue weighted by Gasteiger charge is -2.18. The zero-order valence-electron chi connectivity index (χ0n) is 12.3. The van der Waals surface area contributed by atoms with E-state index in [-0.39, 0.29) is 0 Å². The van der Waals surface area contributed by atoms with Gasteiger partial charge in [-0.25, -0.2) is 0 Å². The zero-order valence-corrected chi connectivity index (χ0v) is 12.3. The van der Waals surface area contributed by atoms with Crippen LogP contribution in [0.4, 0.5) is 0 Å². The second-order valence-electron chi connectivity index (χ2n) is 4.76. The van der Waals surface area contributed by atoms with E-state index in [0.29, 0.717) is 6.54 Å². The minimum Gasteiger partial charge on any atom is -0.493 e. The van der Waals surface area contributed by atoms with Gasteiger partial charge in [0.2, 0.25) is 0 Å². The minimum absolute atomic E-state index is 0.696. The molecule has 0 unspecified atom stereocenters. The fourth-order valence-electron chi connectivity index (χ4n) is 2.18. The Bertz CT molecular complexity index is 566. The first kappa shape index (κ1) is 14.4. The molecule has 5 heteroatoms. The van der Waals surface area contributed by atoms with Crippen LogP contribution >= 0.6 is 0 Å². The average molecular weight is 276 g/mol. The summed E-state index contributed by atoms with van der Waals surface area (Å²) in [4.78, 5) is 2.14. The highest BCUT2D eigenvalue weighted by molar-refractivity contribution is 5.46. The number of hydrogen-bond acceptors (Lipinski definition) is 5. The van der Waals surface area contributed by atoms with Gasteiger partial charge < -0.3 is 14.0 Å². The number of benzene rings is 1. The van der Waals surface area contributed by atoms with Gasteiger partial charge in [-0.2, -0.15) is 0 Å². The molecule has 0 atom stereocenters. The molecule has 1 heterocycles. The molecule has 2 rings (SSSR count). The summed E-state index contributed by atoms with van der Waals surface area (Å²) in [6.45, 7) is 3.35. The third kappa shape index (κ3) is 3.30. The first-order chi connectivity index (χ1) is 9.63. The molecule has 0 aliphatic rings. The Morgan fingerprint density at radius 3 is 2.60 bits per heavy atom. The van der Waals surface area contributed by atoms with Crippen molar-refractivity contribution in [2.45, 2.75) is 20.0 Å². The van der Waals surface area contributed by atoms with E-state index < -0.39 is 0 Å². The maximum atomic E-state index is 5.44. The highest BCUT2D eigenvalue weighted by atomic mass is 16.5. The largest absolute Gasteiger partial charge is 0.493 e. The molecule has 0 fully saturated rings. The van der Waals surface area contributed by atoms with E-state index in [9.17, 15) is 0 Å². The first-order valence-corrected chi connectivity index (χ1v) is 6.44. The third-order valence-corrected chi connectivity index (χ3v) is 3.03. The number of methoxy groups -OCH3 is 2. The quantitative estimate of drug-likeness (QED) is 0.811. The lowest BCUT2D eigenvalue weighted by atomic mass is 10.1. The molecule has 108 valence electrons. The molecule has 0 bridgehead atoms. The number of rotatable bonds is 6. The third-order valence-electron chi connectivity index (χ3n) is 3.03. The number of aryl methyl sites for hydroxylation is 1. The maximum absolute atomic E-state index is 5.44. The van der Waals surface area contributed by atoms with Crippen LogP contribution in [0.15, 0.2) is 28.8 Å². The monoisotopic (exact) mass is 276 g/mol. The molecule has 0 saturated carbocycles. The van der Waals surface area contributed by atoms with Crippen molar-refractivity contribution in [3.8, 4) is 11.5 Å². The Hall–Kier alpha value is -2.01. The summed E-state index contributed by atoms with van der Waals surface area (Å²) in [6.07, 6.45) is 0. The molecular formula is C15H20N2O3. The van der Waals surface area contributed by atoms with Crippen molar-refractivity contribution in [3.63, 3.8) is 0 Å². The second kappa shape index (κ2) is 6.43. The molecule has 0 aliphatic carbocycles. The van der Waals surface area contributed by atoms with Gasteiger partial charge in [0.25, 0.3) is 0 Å². The summed E-state index contributed by atoms with van der Waals surface area (Å²) in [5.41, 5.74) is 1.97. The van der Waals surface area contributed by atoms with Gasteiger partial charge in [-0.3, -0.25) is 4.90 Å². The van der Waals surface area contributed by atoms with Gasteiger partial charge in [-0.05, 0) is 20.0 Å². The molecule has 1 aromatic heterocycles. The van der Waals surface area contributed by atoms with E-state index in [1.54, 1.807) is 14.2 Å². The Morgan fingerprint density at radius 1 is 1.20 bits per heavy atom. The Labute approximate surface area is 119 Å². The van der Waals surface area contributed by atoms with Crippen LogP contribution in [0, 0.1) is 6.92 Å². The SMILES string of the molecule is COc1cccc(CN(C)Cc2cc(C)no2)c1OC. The molecule has 0 aliphatic heterocycles. The van der Waals surface area contributed by atoms with Gasteiger partial charge in [0.1, 0.15) is 0 Å². The van der Waals surface area contributed by atoms with Crippen molar-refractivity contribution in [2.75, 3.05) is 21.3 Å². The smallest absolute Gasteiger partial charge is 0.165 e. The van der Waals surface area contributed by atoms with E-state index in [4.69, 9.17) is 14.0 Å². The predicted molar refractivity (Wildman–Crippen MR) is 76.0 cm³/mol. The predicted octanol–water partition coefficient (Wildman–Crippen LogP) is 2.63. The van der Waals surface area contributed by atoms with Crippen molar-refractivity contribution in [1.29, 1.82) is 0 Å². The average Bonchev–Trinajstić information content (AvgIpc) is 2.83. The molecule has 2 aromatic rings. The summed E-state index contributed by atoms with van der Waals surface area (Å²) in [7, 11) is 5.32. The number of hydrogen-bond donors (Lipinski definition) is 0. The number of aromatic nitrogens is 1. The minimum atomic E-state index is 0.696. The number of para-hydroxylation sites is 1. The van der Waals surface area contributed by atoms with Gasteiger partial charge >= 0.3 is 0 Å². The molecule has 0 spiro atoms.